The third-order valence-corrected chi connectivity index (χ3v) is 3.27. The number of rotatable bonds is 5. The van der Waals surface area contributed by atoms with Crippen LogP contribution in [0.1, 0.15) is 18.4 Å². The first kappa shape index (κ1) is 17.3. The lowest BCUT2D eigenvalue weighted by atomic mass is 10.1. The smallest absolute Gasteiger partial charge is 0.327 e. The highest BCUT2D eigenvalue weighted by Crippen LogP contribution is 2.31. The second-order valence-electron chi connectivity index (χ2n) is 5.11. The van der Waals surface area contributed by atoms with Crippen molar-refractivity contribution in [2.45, 2.75) is 18.9 Å². The van der Waals surface area contributed by atoms with E-state index < -0.39 is 17.7 Å². The minimum absolute atomic E-state index is 0.0689. The highest BCUT2D eigenvalue weighted by molar-refractivity contribution is 6.35. The summed E-state index contributed by atoms with van der Waals surface area (Å²) < 4.78 is 10.4. The second kappa shape index (κ2) is 8.00. The zero-order valence-corrected chi connectivity index (χ0v) is 13.4. The van der Waals surface area contributed by atoms with Crippen LogP contribution in [0.3, 0.4) is 0 Å². The van der Waals surface area contributed by atoms with E-state index in [-0.39, 0.29) is 6.04 Å². The summed E-state index contributed by atoms with van der Waals surface area (Å²) in [6, 6.07) is 5.30. The Balaban J connectivity index is 1.88. The quantitative estimate of drug-likeness (QED) is 0.404. The molecule has 3 N–H and O–H groups in total. The van der Waals surface area contributed by atoms with Crippen LogP contribution in [0.25, 0.3) is 6.08 Å². The number of carbonyl (C=O) groups excluding carboxylic acids is 3. The maximum atomic E-state index is 11.7. The fraction of sp³-hybridized carbons (Fsp3) is 0.312. The third kappa shape index (κ3) is 4.73. The van der Waals surface area contributed by atoms with Gasteiger partial charge in [0.25, 0.3) is 5.91 Å². The van der Waals surface area contributed by atoms with Crippen LogP contribution < -0.4 is 25.6 Å². The minimum atomic E-state index is -0.914. The number of hydrogen-bond acceptors (Lipinski definition) is 5. The fourth-order valence-electron chi connectivity index (χ4n) is 1.90. The molecule has 1 aliphatic carbocycles. The molecular formula is C16H19N3O5. The van der Waals surface area contributed by atoms with Crippen LogP contribution in [-0.2, 0) is 14.4 Å². The number of nitrogens with one attached hydrogen (secondary N) is 3. The SMILES string of the molecule is COc1cccc(/C=C/C(=O)NNC(=O)C(=O)NC2CC2)c1OC. The molecule has 0 radical (unpaired) electrons. The van der Waals surface area contributed by atoms with Gasteiger partial charge in [0.1, 0.15) is 0 Å². The van der Waals surface area contributed by atoms with Crippen molar-refractivity contribution in [3.05, 3.63) is 29.8 Å². The first-order valence-electron chi connectivity index (χ1n) is 7.35. The van der Waals surface area contributed by atoms with Crippen LogP contribution in [0.15, 0.2) is 24.3 Å². The number of hydrogen-bond donors (Lipinski definition) is 3. The van der Waals surface area contributed by atoms with E-state index in [2.05, 4.69) is 10.7 Å². The Morgan fingerprint density at radius 2 is 1.83 bits per heavy atom. The summed E-state index contributed by atoms with van der Waals surface area (Å²) in [6.45, 7) is 0. The molecule has 2 rings (SSSR count). The van der Waals surface area contributed by atoms with Gasteiger partial charge in [-0.1, -0.05) is 12.1 Å². The molecule has 1 fully saturated rings. The molecule has 8 nitrogen and oxygen atoms in total. The summed E-state index contributed by atoms with van der Waals surface area (Å²) in [6.07, 6.45) is 4.45. The lowest BCUT2D eigenvalue weighted by molar-refractivity contribution is -0.140. The molecule has 0 bridgehead atoms. The molecule has 8 heteroatoms. The number of ether oxygens (including phenoxy) is 2. The highest BCUT2D eigenvalue weighted by atomic mass is 16.5. The van der Waals surface area contributed by atoms with E-state index in [1.165, 1.54) is 26.4 Å². The third-order valence-electron chi connectivity index (χ3n) is 3.27. The van der Waals surface area contributed by atoms with E-state index in [1.807, 2.05) is 5.43 Å². The molecule has 128 valence electrons. The van der Waals surface area contributed by atoms with E-state index in [0.29, 0.717) is 17.1 Å². The topological polar surface area (TPSA) is 106 Å². The molecule has 0 heterocycles. The number of carbonyl (C=O) groups is 3. The molecule has 0 aromatic heterocycles. The lowest BCUT2D eigenvalue weighted by Crippen LogP contribution is -2.48. The molecular weight excluding hydrogens is 314 g/mol. The van der Waals surface area contributed by atoms with E-state index in [1.54, 1.807) is 18.2 Å². The Kier molecular flexibility index (Phi) is 5.78. The Bertz CT molecular complexity index is 668. The van der Waals surface area contributed by atoms with Gasteiger partial charge in [0.15, 0.2) is 11.5 Å². The van der Waals surface area contributed by atoms with Gasteiger partial charge in [-0.3, -0.25) is 25.2 Å². The molecule has 1 aliphatic rings. The van der Waals surface area contributed by atoms with Gasteiger partial charge < -0.3 is 14.8 Å². The molecule has 0 saturated heterocycles. The maximum absolute atomic E-state index is 11.7. The number of amides is 3. The van der Waals surface area contributed by atoms with Gasteiger partial charge >= 0.3 is 11.8 Å². The van der Waals surface area contributed by atoms with E-state index in [4.69, 9.17) is 9.47 Å². The average molecular weight is 333 g/mol. The van der Waals surface area contributed by atoms with E-state index in [0.717, 1.165) is 12.8 Å². The van der Waals surface area contributed by atoms with Gasteiger partial charge in [-0.05, 0) is 25.0 Å². The van der Waals surface area contributed by atoms with Crippen molar-refractivity contribution in [3.63, 3.8) is 0 Å². The largest absolute Gasteiger partial charge is 0.493 e. The lowest BCUT2D eigenvalue weighted by Gasteiger charge is -2.10. The Morgan fingerprint density at radius 1 is 1.08 bits per heavy atom. The average Bonchev–Trinajstić information content (AvgIpc) is 3.40. The highest BCUT2D eigenvalue weighted by Gasteiger charge is 2.26. The summed E-state index contributed by atoms with van der Waals surface area (Å²) in [5.74, 6) is -1.26. The number of hydrazine groups is 1. The Hall–Kier alpha value is -3.03. The first-order valence-corrected chi connectivity index (χ1v) is 7.35. The maximum Gasteiger partial charge on any atom is 0.327 e. The van der Waals surface area contributed by atoms with Crippen molar-refractivity contribution in [2.24, 2.45) is 0 Å². The van der Waals surface area contributed by atoms with Crippen molar-refractivity contribution >= 4 is 23.8 Å². The van der Waals surface area contributed by atoms with Gasteiger partial charge in [-0.2, -0.15) is 0 Å². The Morgan fingerprint density at radius 3 is 2.46 bits per heavy atom. The van der Waals surface area contributed by atoms with Crippen LogP contribution >= 0.6 is 0 Å². The Labute approximate surface area is 139 Å². The first-order chi connectivity index (χ1) is 11.5. The molecule has 3 amide bonds. The second-order valence-corrected chi connectivity index (χ2v) is 5.11. The van der Waals surface area contributed by atoms with Crippen LogP contribution in [0.5, 0.6) is 11.5 Å². The molecule has 1 saturated carbocycles. The summed E-state index contributed by atoms with van der Waals surface area (Å²) >= 11 is 0. The van der Waals surface area contributed by atoms with Gasteiger partial charge in [0, 0.05) is 17.7 Å². The fourth-order valence-corrected chi connectivity index (χ4v) is 1.90. The minimum Gasteiger partial charge on any atom is -0.493 e. The van der Waals surface area contributed by atoms with Crippen LogP contribution in [0.4, 0.5) is 0 Å². The molecule has 1 aromatic carbocycles. The van der Waals surface area contributed by atoms with E-state index in [9.17, 15) is 14.4 Å². The van der Waals surface area contributed by atoms with Crippen molar-refractivity contribution in [1.82, 2.24) is 16.2 Å². The van der Waals surface area contributed by atoms with Crippen molar-refractivity contribution in [3.8, 4) is 11.5 Å². The predicted octanol–water partition coefficient (Wildman–Crippen LogP) is 0.143. The zero-order chi connectivity index (χ0) is 17.5. The number of methoxy groups -OCH3 is 2. The molecule has 1 aromatic rings. The normalized spacial score (nSPS) is 13.2. The summed E-state index contributed by atoms with van der Waals surface area (Å²) in [7, 11) is 3.01. The monoisotopic (exact) mass is 333 g/mol. The standard InChI is InChI=1S/C16H19N3O5/c1-23-12-5-3-4-10(14(12)24-2)6-9-13(20)18-19-16(22)15(21)17-11-7-8-11/h3-6,9,11H,7-8H2,1-2H3,(H,17,21)(H,18,20)(H,19,22)/b9-6+. The molecule has 0 spiro atoms. The summed E-state index contributed by atoms with van der Waals surface area (Å²) in [5, 5.41) is 2.51. The summed E-state index contributed by atoms with van der Waals surface area (Å²) in [5.41, 5.74) is 4.81. The molecule has 0 atom stereocenters. The molecule has 0 unspecified atom stereocenters. The van der Waals surface area contributed by atoms with Gasteiger partial charge in [0.05, 0.1) is 14.2 Å². The van der Waals surface area contributed by atoms with Gasteiger partial charge in [0.2, 0.25) is 0 Å². The number of benzene rings is 1. The van der Waals surface area contributed by atoms with Crippen LogP contribution in [0.2, 0.25) is 0 Å². The number of para-hydroxylation sites is 1. The van der Waals surface area contributed by atoms with E-state index >= 15 is 0 Å². The van der Waals surface area contributed by atoms with Gasteiger partial charge in [-0.25, -0.2) is 0 Å². The molecule has 0 aliphatic heterocycles. The van der Waals surface area contributed by atoms with Crippen molar-refractivity contribution < 1.29 is 23.9 Å². The van der Waals surface area contributed by atoms with Crippen LogP contribution in [-0.4, -0.2) is 38.0 Å². The molecule has 24 heavy (non-hydrogen) atoms. The zero-order valence-electron chi connectivity index (χ0n) is 13.4. The predicted molar refractivity (Wildman–Crippen MR) is 86.0 cm³/mol. The summed E-state index contributed by atoms with van der Waals surface area (Å²) in [4.78, 5) is 34.6. The van der Waals surface area contributed by atoms with Crippen LogP contribution in [0, 0.1) is 0 Å². The van der Waals surface area contributed by atoms with Crippen molar-refractivity contribution in [1.29, 1.82) is 0 Å². The van der Waals surface area contributed by atoms with Crippen molar-refractivity contribution in [2.75, 3.05) is 14.2 Å². The van der Waals surface area contributed by atoms with Gasteiger partial charge in [-0.15, -0.1) is 0 Å².